The highest BCUT2D eigenvalue weighted by atomic mass is 32.2. The third-order valence-electron chi connectivity index (χ3n) is 3.52. The molecule has 1 aromatic carbocycles. The minimum atomic E-state index is -3.23. The van der Waals surface area contributed by atoms with Crippen molar-refractivity contribution >= 4 is 10.0 Å². The number of pyridine rings is 1. The Hall–Kier alpha value is -1.72. The molecule has 0 aliphatic rings. The van der Waals surface area contributed by atoms with E-state index in [1.807, 2.05) is 55.5 Å². The van der Waals surface area contributed by atoms with E-state index in [0.29, 0.717) is 13.0 Å². The van der Waals surface area contributed by atoms with Crippen molar-refractivity contribution in [3.8, 4) is 0 Å². The van der Waals surface area contributed by atoms with E-state index in [9.17, 15) is 8.42 Å². The van der Waals surface area contributed by atoms with Crippen LogP contribution in [0.2, 0.25) is 0 Å². The number of aromatic nitrogens is 1. The Labute approximate surface area is 132 Å². The summed E-state index contributed by atoms with van der Waals surface area (Å²) < 4.78 is 26.8. The Balaban J connectivity index is 2.16. The van der Waals surface area contributed by atoms with Gasteiger partial charge in [-0.05, 0) is 24.1 Å². The lowest BCUT2D eigenvalue weighted by molar-refractivity contribution is 0.573. The van der Waals surface area contributed by atoms with E-state index in [0.717, 1.165) is 17.7 Å². The zero-order valence-corrected chi connectivity index (χ0v) is 13.6. The fourth-order valence-electron chi connectivity index (χ4n) is 2.28. The predicted molar refractivity (Wildman–Crippen MR) is 89.2 cm³/mol. The molecule has 118 valence electrons. The smallest absolute Gasteiger partial charge is 0.211 e. The first-order valence-electron chi connectivity index (χ1n) is 7.55. The molecular weight excluding hydrogens is 296 g/mol. The van der Waals surface area contributed by atoms with Crippen LogP contribution in [-0.2, 0) is 10.0 Å². The van der Waals surface area contributed by atoms with Gasteiger partial charge in [-0.2, -0.15) is 0 Å². The van der Waals surface area contributed by atoms with Gasteiger partial charge in [0.15, 0.2) is 0 Å². The lowest BCUT2D eigenvalue weighted by Gasteiger charge is -2.17. The molecule has 22 heavy (non-hydrogen) atoms. The third-order valence-corrected chi connectivity index (χ3v) is 4.95. The Morgan fingerprint density at radius 3 is 2.45 bits per heavy atom. The van der Waals surface area contributed by atoms with E-state index >= 15 is 0 Å². The van der Waals surface area contributed by atoms with Gasteiger partial charge in [0.25, 0.3) is 0 Å². The molecule has 0 bridgehead atoms. The number of nitrogens with one attached hydrogen (secondary N) is 1. The molecule has 0 saturated heterocycles. The van der Waals surface area contributed by atoms with Crippen LogP contribution in [0.3, 0.4) is 0 Å². The molecule has 0 spiro atoms. The number of hydrogen-bond donors (Lipinski definition) is 1. The Kier molecular flexibility index (Phi) is 6.10. The molecule has 4 nitrogen and oxygen atoms in total. The molecule has 0 amide bonds. The second-order valence-corrected chi connectivity index (χ2v) is 7.17. The third kappa shape index (κ3) is 4.93. The van der Waals surface area contributed by atoms with Gasteiger partial charge in [-0.3, -0.25) is 4.98 Å². The van der Waals surface area contributed by atoms with Crippen LogP contribution >= 0.6 is 0 Å². The second-order valence-electron chi connectivity index (χ2n) is 5.24. The zero-order chi connectivity index (χ0) is 15.8. The molecular formula is C17H22N2O2S. The van der Waals surface area contributed by atoms with E-state index in [-0.39, 0.29) is 11.7 Å². The first-order valence-corrected chi connectivity index (χ1v) is 9.21. The molecule has 0 aliphatic heterocycles. The second kappa shape index (κ2) is 8.06. The maximum absolute atomic E-state index is 12.0. The molecule has 1 heterocycles. The summed E-state index contributed by atoms with van der Waals surface area (Å²) in [6.45, 7) is 2.31. The molecule has 0 fully saturated rings. The first kappa shape index (κ1) is 16.6. The van der Waals surface area contributed by atoms with Gasteiger partial charge in [-0.25, -0.2) is 13.1 Å². The number of nitrogens with zero attached hydrogens (tertiary/aromatic N) is 1. The van der Waals surface area contributed by atoms with Crippen molar-refractivity contribution in [3.05, 3.63) is 66.0 Å². The minimum absolute atomic E-state index is 0.0844. The Morgan fingerprint density at radius 1 is 1.09 bits per heavy atom. The van der Waals surface area contributed by atoms with Crippen LogP contribution in [0, 0.1) is 0 Å². The highest BCUT2D eigenvalue weighted by Gasteiger charge is 2.18. The normalized spacial score (nSPS) is 13.0. The number of unbranched alkanes of at least 4 members (excludes halogenated alkanes) is 1. The maximum Gasteiger partial charge on any atom is 0.211 e. The van der Waals surface area contributed by atoms with E-state index in [2.05, 4.69) is 9.71 Å². The summed E-state index contributed by atoms with van der Waals surface area (Å²) in [6, 6.07) is 15.6. The summed E-state index contributed by atoms with van der Waals surface area (Å²) >= 11 is 0. The zero-order valence-electron chi connectivity index (χ0n) is 12.8. The molecule has 1 unspecified atom stereocenters. The Bertz CT molecular complexity index is 618. The van der Waals surface area contributed by atoms with Crippen LogP contribution in [0.5, 0.6) is 0 Å². The fraction of sp³-hybridized carbons (Fsp3) is 0.353. The van der Waals surface area contributed by atoms with Crippen LogP contribution in [0.4, 0.5) is 0 Å². The first-order chi connectivity index (χ1) is 10.6. The molecule has 2 aromatic rings. The molecule has 0 aliphatic carbocycles. The van der Waals surface area contributed by atoms with E-state index in [1.165, 1.54) is 0 Å². The number of rotatable bonds is 8. The van der Waals surface area contributed by atoms with Crippen molar-refractivity contribution in [2.24, 2.45) is 0 Å². The van der Waals surface area contributed by atoms with Crippen molar-refractivity contribution in [2.75, 3.05) is 12.3 Å². The van der Waals surface area contributed by atoms with Crippen molar-refractivity contribution < 1.29 is 8.42 Å². The standard InChI is InChI=1S/C17H22N2O2S/c1-2-3-13-22(20,21)19-14-16(15-9-5-4-6-10-15)17-11-7-8-12-18-17/h4-12,16,19H,2-3,13-14H2,1H3. The molecule has 5 heteroatoms. The van der Waals surface area contributed by atoms with Gasteiger partial charge in [0.1, 0.15) is 0 Å². The summed E-state index contributed by atoms with van der Waals surface area (Å²) in [5, 5.41) is 0. The van der Waals surface area contributed by atoms with E-state index in [4.69, 9.17) is 0 Å². The monoisotopic (exact) mass is 318 g/mol. The Morgan fingerprint density at radius 2 is 1.82 bits per heavy atom. The molecule has 0 saturated carbocycles. The van der Waals surface area contributed by atoms with Gasteiger partial charge >= 0.3 is 0 Å². The summed E-state index contributed by atoms with van der Waals surface area (Å²) in [5.74, 6) is 0.0894. The average Bonchev–Trinajstić information content (AvgIpc) is 2.55. The minimum Gasteiger partial charge on any atom is -0.261 e. The summed E-state index contributed by atoms with van der Waals surface area (Å²) in [7, 11) is -3.23. The molecule has 1 atom stereocenters. The van der Waals surface area contributed by atoms with Gasteiger partial charge in [0, 0.05) is 24.4 Å². The van der Waals surface area contributed by atoms with Crippen molar-refractivity contribution in [2.45, 2.75) is 25.7 Å². The molecule has 0 radical (unpaired) electrons. The van der Waals surface area contributed by atoms with E-state index < -0.39 is 10.0 Å². The fourth-order valence-corrected chi connectivity index (χ4v) is 3.51. The van der Waals surface area contributed by atoms with Crippen LogP contribution in [-0.4, -0.2) is 25.7 Å². The highest BCUT2D eigenvalue weighted by molar-refractivity contribution is 7.89. The van der Waals surface area contributed by atoms with Gasteiger partial charge in [0.2, 0.25) is 10.0 Å². The van der Waals surface area contributed by atoms with Gasteiger partial charge in [-0.15, -0.1) is 0 Å². The van der Waals surface area contributed by atoms with Crippen LogP contribution in [0.15, 0.2) is 54.7 Å². The SMILES string of the molecule is CCCCS(=O)(=O)NCC(c1ccccc1)c1ccccn1. The highest BCUT2D eigenvalue weighted by Crippen LogP contribution is 2.22. The molecule has 1 aromatic heterocycles. The van der Waals surface area contributed by atoms with Crippen molar-refractivity contribution in [3.63, 3.8) is 0 Å². The maximum atomic E-state index is 12.0. The van der Waals surface area contributed by atoms with Gasteiger partial charge < -0.3 is 0 Å². The topological polar surface area (TPSA) is 59.1 Å². The van der Waals surface area contributed by atoms with Crippen molar-refractivity contribution in [1.82, 2.24) is 9.71 Å². The molecule has 1 N–H and O–H groups in total. The largest absolute Gasteiger partial charge is 0.261 e. The number of benzene rings is 1. The summed E-state index contributed by atoms with van der Waals surface area (Å²) in [5.41, 5.74) is 1.92. The quantitative estimate of drug-likeness (QED) is 0.814. The number of sulfonamides is 1. The average molecular weight is 318 g/mol. The van der Waals surface area contributed by atoms with Crippen molar-refractivity contribution in [1.29, 1.82) is 0 Å². The summed E-state index contributed by atoms with van der Waals surface area (Å²) in [6.07, 6.45) is 3.27. The predicted octanol–water partition coefficient (Wildman–Crippen LogP) is 2.93. The molecule has 2 rings (SSSR count). The van der Waals surface area contributed by atoms with Crippen LogP contribution < -0.4 is 4.72 Å². The van der Waals surface area contributed by atoms with Crippen LogP contribution in [0.25, 0.3) is 0 Å². The van der Waals surface area contributed by atoms with E-state index in [1.54, 1.807) is 6.20 Å². The number of hydrogen-bond acceptors (Lipinski definition) is 3. The van der Waals surface area contributed by atoms with Gasteiger partial charge in [0.05, 0.1) is 5.75 Å². The summed E-state index contributed by atoms with van der Waals surface area (Å²) in [4.78, 5) is 4.38. The van der Waals surface area contributed by atoms with Crippen LogP contribution in [0.1, 0.15) is 36.9 Å². The lowest BCUT2D eigenvalue weighted by atomic mass is 9.95. The van der Waals surface area contributed by atoms with Gasteiger partial charge in [-0.1, -0.05) is 49.7 Å². The lowest BCUT2D eigenvalue weighted by Crippen LogP contribution is -2.31.